The van der Waals surface area contributed by atoms with E-state index >= 15 is 0 Å². The number of carbonyl (C=O) groups is 1. The van der Waals surface area contributed by atoms with Crippen molar-refractivity contribution in [1.29, 1.82) is 0 Å². The number of hydrogen-bond donors (Lipinski definition) is 2. The average Bonchev–Trinajstić information content (AvgIpc) is 3.35. The number of pyridine rings is 1. The van der Waals surface area contributed by atoms with Gasteiger partial charge < -0.3 is 20.2 Å². The lowest BCUT2D eigenvalue weighted by molar-refractivity contribution is 0.0994. The van der Waals surface area contributed by atoms with E-state index in [1.807, 2.05) is 43.5 Å². The summed E-state index contributed by atoms with van der Waals surface area (Å²) in [4.78, 5) is 21.4. The number of fused-ring (bicyclic) bond motifs is 2. The molecule has 5 rings (SSSR count). The van der Waals surface area contributed by atoms with Crippen molar-refractivity contribution in [1.82, 2.24) is 14.4 Å². The Morgan fingerprint density at radius 2 is 2.00 bits per heavy atom. The zero-order valence-corrected chi connectivity index (χ0v) is 16.6. The van der Waals surface area contributed by atoms with Gasteiger partial charge >= 0.3 is 0 Å². The number of aryl methyl sites for hydroxylation is 1. The predicted octanol–water partition coefficient (Wildman–Crippen LogP) is 3.35. The van der Waals surface area contributed by atoms with Crippen LogP contribution in [-0.2, 0) is 13.0 Å². The van der Waals surface area contributed by atoms with E-state index in [9.17, 15) is 4.79 Å². The van der Waals surface area contributed by atoms with Gasteiger partial charge in [-0.3, -0.25) is 4.79 Å². The van der Waals surface area contributed by atoms with Gasteiger partial charge in [-0.05, 0) is 30.2 Å². The average molecular weight is 399 g/mol. The molecule has 1 amide bonds. The molecule has 0 aliphatic carbocycles. The van der Waals surface area contributed by atoms with Crippen LogP contribution in [0.4, 0.5) is 5.82 Å². The largest absolute Gasteiger partial charge is 0.487 e. The minimum atomic E-state index is -0.476. The van der Waals surface area contributed by atoms with Crippen molar-refractivity contribution in [3.63, 3.8) is 0 Å². The van der Waals surface area contributed by atoms with E-state index < -0.39 is 5.91 Å². The molecule has 1 aromatic carbocycles. The molecule has 0 atom stereocenters. The molecule has 1 aliphatic rings. The van der Waals surface area contributed by atoms with E-state index in [2.05, 4.69) is 17.4 Å². The minimum Gasteiger partial charge on any atom is -0.487 e. The first-order valence-electron chi connectivity index (χ1n) is 9.84. The number of carbonyl (C=O) groups excluding carboxylic acids is 1. The van der Waals surface area contributed by atoms with Crippen LogP contribution in [-0.4, -0.2) is 26.9 Å². The van der Waals surface area contributed by atoms with Gasteiger partial charge in [-0.1, -0.05) is 36.4 Å². The molecule has 0 radical (unpaired) electrons. The van der Waals surface area contributed by atoms with Gasteiger partial charge in [0, 0.05) is 24.7 Å². The lowest BCUT2D eigenvalue weighted by Gasteiger charge is -2.12. The monoisotopic (exact) mass is 399 g/mol. The predicted molar refractivity (Wildman–Crippen MR) is 115 cm³/mol. The summed E-state index contributed by atoms with van der Waals surface area (Å²) in [7, 11) is 0. The molecule has 0 unspecified atom stereocenters. The maximum absolute atomic E-state index is 11.8. The van der Waals surface area contributed by atoms with Crippen molar-refractivity contribution in [2.24, 2.45) is 5.73 Å². The first kappa shape index (κ1) is 18.2. The number of amides is 1. The topological polar surface area (TPSA) is 94.5 Å². The first-order valence-corrected chi connectivity index (χ1v) is 9.84. The summed E-state index contributed by atoms with van der Waals surface area (Å²) in [6.07, 6.45) is 2.64. The summed E-state index contributed by atoms with van der Waals surface area (Å²) in [5, 5.41) is 3.40. The fourth-order valence-electron chi connectivity index (χ4n) is 3.90. The number of ether oxygens (including phenoxy) is 1. The molecule has 30 heavy (non-hydrogen) atoms. The fraction of sp³-hybridized carbons (Fsp3) is 0.174. The quantitative estimate of drug-likeness (QED) is 0.537. The number of aromatic nitrogens is 3. The second kappa shape index (κ2) is 7.18. The van der Waals surface area contributed by atoms with Gasteiger partial charge in [-0.2, -0.15) is 0 Å². The summed E-state index contributed by atoms with van der Waals surface area (Å²) in [6, 6.07) is 15.6. The number of hydrogen-bond acceptors (Lipinski definition) is 5. The molecule has 7 heteroatoms. The van der Waals surface area contributed by atoms with Crippen LogP contribution >= 0.6 is 0 Å². The number of benzene rings is 1. The highest BCUT2D eigenvalue weighted by Gasteiger charge is 2.24. The third-order valence-electron chi connectivity index (χ3n) is 5.30. The van der Waals surface area contributed by atoms with E-state index in [1.54, 1.807) is 10.5 Å². The fourth-order valence-corrected chi connectivity index (χ4v) is 3.90. The first-order chi connectivity index (χ1) is 14.6. The van der Waals surface area contributed by atoms with Crippen LogP contribution in [0.3, 0.4) is 0 Å². The Morgan fingerprint density at radius 3 is 2.80 bits per heavy atom. The van der Waals surface area contributed by atoms with Gasteiger partial charge in [-0.15, -0.1) is 0 Å². The summed E-state index contributed by atoms with van der Waals surface area (Å²) in [5.74, 6) is 1.53. The van der Waals surface area contributed by atoms with E-state index in [0.717, 1.165) is 34.3 Å². The normalized spacial score (nSPS) is 12.6. The number of nitrogens with two attached hydrogens (primary N) is 1. The second-order valence-electron chi connectivity index (χ2n) is 7.33. The minimum absolute atomic E-state index is 0.425. The summed E-state index contributed by atoms with van der Waals surface area (Å²) >= 11 is 0. The Morgan fingerprint density at radius 1 is 1.17 bits per heavy atom. The number of primary amides is 1. The van der Waals surface area contributed by atoms with E-state index in [0.29, 0.717) is 36.2 Å². The third-order valence-corrected chi connectivity index (χ3v) is 5.30. The molecule has 0 saturated heterocycles. The lowest BCUT2D eigenvalue weighted by Crippen LogP contribution is -2.14. The Kier molecular flexibility index (Phi) is 4.35. The molecule has 1 aliphatic heterocycles. The van der Waals surface area contributed by atoms with Gasteiger partial charge in [0.25, 0.3) is 5.91 Å². The van der Waals surface area contributed by atoms with Crippen LogP contribution in [0, 0.1) is 6.92 Å². The molecular weight excluding hydrogens is 378 g/mol. The SMILES string of the molecule is Cc1cn2c(C(N)=O)cccc2c1-c1nc2c(c(NCc3ccccc3)n1)OCC2. The molecule has 0 spiro atoms. The van der Waals surface area contributed by atoms with Crippen LogP contribution in [0.1, 0.15) is 27.3 Å². The Balaban J connectivity index is 1.61. The molecule has 0 saturated carbocycles. The summed E-state index contributed by atoms with van der Waals surface area (Å²) in [5.41, 5.74) is 10.7. The van der Waals surface area contributed by atoms with Gasteiger partial charge in [0.15, 0.2) is 17.4 Å². The summed E-state index contributed by atoms with van der Waals surface area (Å²) in [6.45, 7) is 3.21. The van der Waals surface area contributed by atoms with E-state index in [4.69, 9.17) is 20.4 Å². The smallest absolute Gasteiger partial charge is 0.265 e. The van der Waals surface area contributed by atoms with Crippen molar-refractivity contribution >= 4 is 17.2 Å². The highest BCUT2D eigenvalue weighted by atomic mass is 16.5. The number of anilines is 1. The van der Waals surface area contributed by atoms with Crippen molar-refractivity contribution in [2.45, 2.75) is 19.9 Å². The van der Waals surface area contributed by atoms with Gasteiger partial charge in [0.1, 0.15) is 5.69 Å². The Hall–Kier alpha value is -3.87. The maximum Gasteiger partial charge on any atom is 0.265 e. The molecule has 0 fully saturated rings. The van der Waals surface area contributed by atoms with Crippen LogP contribution in [0.15, 0.2) is 54.7 Å². The van der Waals surface area contributed by atoms with Gasteiger partial charge in [0.05, 0.1) is 17.8 Å². The van der Waals surface area contributed by atoms with Crippen LogP contribution in [0.25, 0.3) is 16.9 Å². The highest BCUT2D eigenvalue weighted by Crippen LogP contribution is 2.36. The van der Waals surface area contributed by atoms with Gasteiger partial charge in [0.2, 0.25) is 0 Å². The van der Waals surface area contributed by atoms with Crippen LogP contribution in [0.2, 0.25) is 0 Å². The van der Waals surface area contributed by atoms with E-state index in [1.165, 1.54) is 0 Å². The molecule has 4 aromatic rings. The van der Waals surface area contributed by atoms with E-state index in [-0.39, 0.29) is 0 Å². The van der Waals surface area contributed by atoms with Crippen molar-refractivity contribution in [3.05, 3.63) is 77.2 Å². The Labute approximate surface area is 173 Å². The second-order valence-corrected chi connectivity index (χ2v) is 7.33. The molecule has 7 nitrogen and oxygen atoms in total. The zero-order valence-electron chi connectivity index (χ0n) is 16.6. The molecule has 0 bridgehead atoms. The van der Waals surface area contributed by atoms with Crippen LogP contribution < -0.4 is 15.8 Å². The number of rotatable bonds is 5. The summed E-state index contributed by atoms with van der Waals surface area (Å²) < 4.78 is 7.61. The highest BCUT2D eigenvalue weighted by molar-refractivity contribution is 5.94. The third kappa shape index (κ3) is 3.04. The molecule has 3 aromatic heterocycles. The maximum atomic E-state index is 11.8. The Bertz CT molecular complexity index is 1260. The standard InChI is InChI=1S/C23H21N5O2/c1-14-13-28-17(8-5-9-18(28)21(24)29)19(14)22-26-16-10-11-30-20(16)23(27-22)25-12-15-6-3-2-4-7-15/h2-9,13H,10-12H2,1H3,(H2,24,29)(H,25,26,27). The van der Waals surface area contributed by atoms with Crippen LogP contribution in [0.5, 0.6) is 5.75 Å². The molecule has 3 N–H and O–H groups in total. The van der Waals surface area contributed by atoms with Gasteiger partial charge in [-0.25, -0.2) is 9.97 Å². The zero-order chi connectivity index (χ0) is 20.7. The number of nitrogens with zero attached hydrogens (tertiary/aromatic N) is 3. The molecular formula is C23H21N5O2. The molecule has 150 valence electrons. The van der Waals surface area contributed by atoms with Crippen molar-refractivity contribution in [3.8, 4) is 17.1 Å². The van der Waals surface area contributed by atoms with Crippen molar-refractivity contribution < 1.29 is 9.53 Å². The molecule has 4 heterocycles. The van der Waals surface area contributed by atoms with Crippen molar-refractivity contribution in [2.75, 3.05) is 11.9 Å². The lowest BCUT2D eigenvalue weighted by atomic mass is 10.1. The number of nitrogens with one attached hydrogen (secondary N) is 1.